The zero-order valence-electron chi connectivity index (χ0n) is 12.7. The van der Waals surface area contributed by atoms with Crippen LogP contribution >= 0.6 is 0 Å². The monoisotopic (exact) mass is 315 g/mol. The quantitative estimate of drug-likeness (QED) is 0.873. The van der Waals surface area contributed by atoms with Gasteiger partial charge in [0.05, 0.1) is 24.2 Å². The number of nitrogens with zero attached hydrogens (tertiary/aromatic N) is 3. The Morgan fingerprint density at radius 1 is 1.13 bits per heavy atom. The van der Waals surface area contributed by atoms with Crippen molar-refractivity contribution in [1.82, 2.24) is 4.98 Å². The smallest absolute Gasteiger partial charge is 0.168 e. The maximum atomic E-state index is 14.3. The summed E-state index contributed by atoms with van der Waals surface area (Å²) in [6.07, 6.45) is 2.41. The van der Waals surface area contributed by atoms with Crippen LogP contribution in [0.15, 0.2) is 36.5 Å². The lowest BCUT2D eigenvalue weighted by Crippen LogP contribution is -2.47. The predicted octanol–water partition coefficient (Wildman–Crippen LogP) is 1.85. The van der Waals surface area contributed by atoms with Crippen LogP contribution in [0.3, 0.4) is 0 Å². The number of anilines is 2. The van der Waals surface area contributed by atoms with Crippen LogP contribution in [-0.4, -0.2) is 42.6 Å². The van der Waals surface area contributed by atoms with Crippen molar-refractivity contribution in [2.24, 2.45) is 0 Å². The zero-order chi connectivity index (χ0) is 16.2. The van der Waals surface area contributed by atoms with E-state index in [1.165, 1.54) is 0 Å². The van der Waals surface area contributed by atoms with Crippen molar-refractivity contribution in [1.29, 1.82) is 0 Å². The summed E-state index contributed by atoms with van der Waals surface area (Å²) < 4.78 is 14.3. The summed E-state index contributed by atoms with van der Waals surface area (Å²) in [6.45, 7) is 2.55. The maximum Gasteiger partial charge on any atom is 0.168 e. The summed E-state index contributed by atoms with van der Waals surface area (Å²) in [7, 11) is 0. The van der Waals surface area contributed by atoms with Gasteiger partial charge in [0.25, 0.3) is 0 Å². The Morgan fingerprint density at radius 2 is 1.87 bits per heavy atom. The Hall–Kier alpha value is -2.47. The van der Waals surface area contributed by atoms with Gasteiger partial charge >= 0.3 is 0 Å². The number of aliphatic hydroxyl groups excluding tert-OH is 1. The second-order valence-corrected chi connectivity index (χ2v) is 5.44. The lowest BCUT2D eigenvalue weighted by Gasteiger charge is -2.37. The minimum Gasteiger partial charge on any atom is -0.392 e. The molecule has 1 aromatic heterocycles. The molecule has 1 fully saturated rings. The Kier molecular flexibility index (Phi) is 4.52. The number of hydrogen-bond acceptors (Lipinski definition) is 5. The molecule has 0 radical (unpaired) electrons. The summed E-state index contributed by atoms with van der Waals surface area (Å²) in [5.41, 5.74) is 2.22. The van der Waals surface area contributed by atoms with Crippen molar-refractivity contribution >= 4 is 17.7 Å². The van der Waals surface area contributed by atoms with Gasteiger partial charge in [-0.1, -0.05) is 12.1 Å². The Morgan fingerprint density at radius 3 is 2.48 bits per heavy atom. The number of hydrogen-bond donors (Lipinski definition) is 1. The van der Waals surface area contributed by atoms with Crippen molar-refractivity contribution in [3.8, 4) is 0 Å². The van der Waals surface area contributed by atoms with Crippen LogP contribution in [0.25, 0.3) is 0 Å². The molecule has 6 heteroatoms. The molecule has 0 aliphatic carbocycles. The van der Waals surface area contributed by atoms with Gasteiger partial charge in [-0.3, -0.25) is 9.78 Å². The normalized spacial score (nSPS) is 14.9. The van der Waals surface area contributed by atoms with Crippen LogP contribution < -0.4 is 9.80 Å². The van der Waals surface area contributed by atoms with E-state index in [1.54, 1.807) is 30.5 Å². The molecule has 3 rings (SSSR count). The van der Waals surface area contributed by atoms with Crippen LogP contribution in [0.1, 0.15) is 16.1 Å². The first kappa shape index (κ1) is 15.4. The van der Waals surface area contributed by atoms with Gasteiger partial charge in [-0.25, -0.2) is 4.39 Å². The second kappa shape index (κ2) is 6.75. The van der Waals surface area contributed by atoms with Gasteiger partial charge in [0.1, 0.15) is 5.69 Å². The Labute approximate surface area is 134 Å². The number of carbonyl (C=O) groups is 1. The van der Waals surface area contributed by atoms with E-state index >= 15 is 0 Å². The van der Waals surface area contributed by atoms with E-state index in [9.17, 15) is 14.3 Å². The predicted molar refractivity (Wildman–Crippen MR) is 86.4 cm³/mol. The molecule has 1 saturated heterocycles. The van der Waals surface area contributed by atoms with Crippen molar-refractivity contribution in [2.75, 3.05) is 36.0 Å². The number of benzene rings is 1. The standard InChI is InChI=1S/C17H18FN3O2/c18-17-13(11-22)2-1-3-16(17)21-8-6-20(7-9-21)15-5-4-14(12-23)19-10-15/h1-5,10,12,22H,6-9,11H2. The number of pyridine rings is 1. The van der Waals surface area contributed by atoms with E-state index in [-0.39, 0.29) is 12.4 Å². The van der Waals surface area contributed by atoms with E-state index in [2.05, 4.69) is 9.88 Å². The van der Waals surface area contributed by atoms with Crippen molar-refractivity contribution in [3.63, 3.8) is 0 Å². The molecule has 5 nitrogen and oxygen atoms in total. The average Bonchev–Trinajstić information content (AvgIpc) is 2.62. The van der Waals surface area contributed by atoms with Crippen molar-refractivity contribution in [2.45, 2.75) is 6.61 Å². The van der Waals surface area contributed by atoms with Crippen molar-refractivity contribution < 1.29 is 14.3 Å². The summed E-state index contributed by atoms with van der Waals surface area (Å²) in [6, 6.07) is 8.66. The van der Waals surface area contributed by atoms with Crippen LogP contribution in [0.4, 0.5) is 15.8 Å². The number of aromatic nitrogens is 1. The van der Waals surface area contributed by atoms with Gasteiger partial charge in [-0.05, 0) is 18.2 Å². The molecule has 0 unspecified atom stereocenters. The maximum absolute atomic E-state index is 14.3. The molecule has 1 aromatic carbocycles. The van der Waals surface area contributed by atoms with Crippen molar-refractivity contribution in [3.05, 3.63) is 53.6 Å². The first-order chi connectivity index (χ1) is 11.2. The number of piperazine rings is 1. The van der Waals surface area contributed by atoms with E-state index in [1.807, 2.05) is 11.0 Å². The van der Waals surface area contributed by atoms with E-state index in [4.69, 9.17) is 0 Å². The fourth-order valence-corrected chi connectivity index (χ4v) is 2.79. The first-order valence-electron chi connectivity index (χ1n) is 7.52. The molecule has 2 aromatic rings. The van der Waals surface area contributed by atoms with E-state index < -0.39 is 0 Å². The molecule has 1 N–H and O–H groups in total. The van der Waals surface area contributed by atoms with Gasteiger partial charge < -0.3 is 14.9 Å². The topological polar surface area (TPSA) is 56.7 Å². The average molecular weight is 315 g/mol. The SMILES string of the molecule is O=Cc1ccc(N2CCN(c3cccc(CO)c3F)CC2)cn1. The Bertz CT molecular complexity index is 683. The fraction of sp³-hybridized carbons (Fsp3) is 0.294. The molecular formula is C17H18FN3O2. The molecule has 23 heavy (non-hydrogen) atoms. The highest BCUT2D eigenvalue weighted by atomic mass is 19.1. The highest BCUT2D eigenvalue weighted by Crippen LogP contribution is 2.25. The minimum atomic E-state index is -0.347. The molecule has 0 spiro atoms. The molecule has 1 aliphatic rings. The molecular weight excluding hydrogens is 297 g/mol. The number of aliphatic hydroxyl groups is 1. The molecule has 0 saturated carbocycles. The van der Waals surface area contributed by atoms with Gasteiger partial charge in [0.2, 0.25) is 0 Å². The second-order valence-electron chi connectivity index (χ2n) is 5.44. The van der Waals surface area contributed by atoms with Crippen LogP contribution in [0.5, 0.6) is 0 Å². The molecule has 0 bridgehead atoms. The summed E-state index contributed by atoms with van der Waals surface area (Å²) in [5.74, 6) is -0.347. The molecule has 1 aliphatic heterocycles. The summed E-state index contributed by atoms with van der Waals surface area (Å²) >= 11 is 0. The zero-order valence-corrected chi connectivity index (χ0v) is 12.7. The van der Waals surface area contributed by atoms with E-state index in [0.29, 0.717) is 30.0 Å². The van der Waals surface area contributed by atoms with Gasteiger partial charge in [0, 0.05) is 31.7 Å². The first-order valence-corrected chi connectivity index (χ1v) is 7.52. The molecule has 120 valence electrons. The minimum absolute atomic E-state index is 0.297. The number of rotatable bonds is 4. The molecule has 0 atom stereocenters. The lowest BCUT2D eigenvalue weighted by molar-refractivity contribution is 0.111. The third-order valence-electron chi connectivity index (χ3n) is 4.11. The number of halogens is 1. The largest absolute Gasteiger partial charge is 0.392 e. The van der Waals surface area contributed by atoms with Gasteiger partial charge in [-0.15, -0.1) is 0 Å². The third-order valence-corrected chi connectivity index (χ3v) is 4.11. The number of carbonyl (C=O) groups excluding carboxylic acids is 1. The van der Waals surface area contributed by atoms with Crippen LogP contribution in [0, 0.1) is 5.82 Å². The lowest BCUT2D eigenvalue weighted by atomic mass is 10.1. The fourth-order valence-electron chi connectivity index (χ4n) is 2.79. The van der Waals surface area contributed by atoms with Gasteiger partial charge in [0.15, 0.2) is 12.1 Å². The van der Waals surface area contributed by atoms with Gasteiger partial charge in [-0.2, -0.15) is 0 Å². The van der Waals surface area contributed by atoms with Crippen LogP contribution in [0.2, 0.25) is 0 Å². The Balaban J connectivity index is 1.69. The highest BCUT2D eigenvalue weighted by molar-refractivity contribution is 5.72. The number of aldehydes is 1. The highest BCUT2D eigenvalue weighted by Gasteiger charge is 2.21. The third kappa shape index (κ3) is 3.17. The summed E-state index contributed by atoms with van der Waals surface area (Å²) in [4.78, 5) is 18.9. The van der Waals surface area contributed by atoms with Crippen LogP contribution in [-0.2, 0) is 6.61 Å². The summed E-state index contributed by atoms with van der Waals surface area (Å²) in [5, 5.41) is 9.18. The van der Waals surface area contributed by atoms with E-state index in [0.717, 1.165) is 25.1 Å². The molecule has 2 heterocycles. The molecule has 0 amide bonds.